The lowest BCUT2D eigenvalue weighted by atomic mass is 9.95. The molecule has 1 aliphatic heterocycles. The number of aliphatic hydroxyl groups excluding tert-OH is 1. The highest BCUT2D eigenvalue weighted by Gasteiger charge is 2.32. The molecule has 1 saturated heterocycles. The molecule has 2 unspecified atom stereocenters. The first-order chi connectivity index (χ1) is 14.4. The van der Waals surface area contributed by atoms with Crippen molar-refractivity contribution >= 4 is 17.4 Å². The molecule has 4 rings (SSSR count). The molecule has 1 aromatic carbocycles. The maximum atomic E-state index is 11.3. The van der Waals surface area contributed by atoms with E-state index in [0.717, 1.165) is 62.0 Å². The summed E-state index contributed by atoms with van der Waals surface area (Å²) in [5.74, 6) is 1.63. The molecule has 1 aromatic heterocycles. The minimum Gasteiger partial charge on any atom is -0.378 e. The molecule has 3 atom stereocenters. The summed E-state index contributed by atoms with van der Waals surface area (Å²) >= 11 is 6.08. The molecule has 2 aromatic rings. The molecule has 6 nitrogen and oxygen atoms in total. The summed E-state index contributed by atoms with van der Waals surface area (Å²) in [6.07, 6.45) is 3.39. The summed E-state index contributed by atoms with van der Waals surface area (Å²) < 4.78 is 0. The van der Waals surface area contributed by atoms with Crippen LogP contribution >= 0.6 is 11.6 Å². The first-order valence-electron chi connectivity index (χ1n) is 10.8. The summed E-state index contributed by atoms with van der Waals surface area (Å²) in [5.41, 5.74) is 3.66. The van der Waals surface area contributed by atoms with Gasteiger partial charge in [0, 0.05) is 54.9 Å². The maximum Gasteiger partial charge on any atom is 0.135 e. The lowest BCUT2D eigenvalue weighted by Gasteiger charge is -2.41. The fraction of sp³-hybridized carbons (Fsp3) is 0.565. The van der Waals surface area contributed by atoms with Crippen LogP contribution in [0.2, 0.25) is 5.02 Å². The number of aliphatic hydroxyl groups is 1. The van der Waals surface area contributed by atoms with Crippen molar-refractivity contribution in [1.82, 2.24) is 19.8 Å². The third-order valence-corrected chi connectivity index (χ3v) is 6.71. The number of anilines is 1. The quantitative estimate of drug-likeness (QED) is 0.761. The Morgan fingerprint density at radius 2 is 1.83 bits per heavy atom. The Morgan fingerprint density at radius 3 is 2.50 bits per heavy atom. The van der Waals surface area contributed by atoms with Crippen molar-refractivity contribution in [3.8, 4) is 0 Å². The van der Waals surface area contributed by atoms with E-state index >= 15 is 0 Å². The molecule has 0 radical (unpaired) electrons. The van der Waals surface area contributed by atoms with Gasteiger partial charge in [-0.15, -0.1) is 0 Å². The van der Waals surface area contributed by atoms with Crippen LogP contribution in [-0.4, -0.2) is 77.9 Å². The van der Waals surface area contributed by atoms with Crippen LogP contribution in [0, 0.1) is 0 Å². The number of aryl methyl sites for hydroxylation is 1. The molecule has 30 heavy (non-hydrogen) atoms. The highest BCUT2D eigenvalue weighted by Crippen LogP contribution is 2.37. The van der Waals surface area contributed by atoms with E-state index in [2.05, 4.69) is 31.6 Å². The molecule has 2 heterocycles. The number of aromatic nitrogens is 2. The topological polar surface area (TPSA) is 55.7 Å². The summed E-state index contributed by atoms with van der Waals surface area (Å²) in [5, 5.41) is 12.0. The van der Waals surface area contributed by atoms with Gasteiger partial charge in [0.2, 0.25) is 0 Å². The zero-order valence-electron chi connectivity index (χ0n) is 18.1. The van der Waals surface area contributed by atoms with Crippen LogP contribution in [0.3, 0.4) is 0 Å². The molecule has 0 spiro atoms. The second kappa shape index (κ2) is 9.18. The molecule has 0 amide bonds. The number of rotatable bonds is 6. The van der Waals surface area contributed by atoms with E-state index in [0.29, 0.717) is 5.92 Å². The number of hydrogen-bond donors (Lipinski definition) is 1. The van der Waals surface area contributed by atoms with E-state index in [1.165, 1.54) is 11.3 Å². The van der Waals surface area contributed by atoms with Crippen molar-refractivity contribution in [1.29, 1.82) is 0 Å². The Hall–Kier alpha value is -1.73. The number of halogens is 1. The van der Waals surface area contributed by atoms with E-state index in [-0.39, 0.29) is 5.92 Å². The summed E-state index contributed by atoms with van der Waals surface area (Å²) in [7, 11) is 4.09. The molecule has 2 aliphatic rings. The van der Waals surface area contributed by atoms with Gasteiger partial charge in [-0.25, -0.2) is 9.97 Å². The van der Waals surface area contributed by atoms with Gasteiger partial charge >= 0.3 is 0 Å². The van der Waals surface area contributed by atoms with Crippen molar-refractivity contribution in [2.75, 3.05) is 51.7 Å². The minimum absolute atomic E-state index is 0.00661. The van der Waals surface area contributed by atoms with Gasteiger partial charge in [-0.05, 0) is 50.6 Å². The van der Waals surface area contributed by atoms with E-state index in [1.54, 1.807) is 6.33 Å². The molecule has 162 valence electrons. The van der Waals surface area contributed by atoms with Crippen molar-refractivity contribution in [3.63, 3.8) is 0 Å². The molecule has 7 heteroatoms. The van der Waals surface area contributed by atoms with Crippen LogP contribution in [-0.2, 0) is 6.42 Å². The monoisotopic (exact) mass is 429 g/mol. The van der Waals surface area contributed by atoms with Gasteiger partial charge in [0.15, 0.2) is 0 Å². The largest absolute Gasteiger partial charge is 0.378 e. The Labute approximate surface area is 184 Å². The van der Waals surface area contributed by atoms with Gasteiger partial charge in [0.1, 0.15) is 18.4 Å². The molecule has 1 aliphatic carbocycles. The number of piperazine rings is 1. The third-order valence-electron chi connectivity index (χ3n) is 6.46. The smallest absolute Gasteiger partial charge is 0.135 e. The van der Waals surface area contributed by atoms with Crippen LogP contribution in [0.1, 0.15) is 42.0 Å². The van der Waals surface area contributed by atoms with E-state index in [1.807, 2.05) is 38.4 Å². The highest BCUT2D eigenvalue weighted by molar-refractivity contribution is 6.30. The van der Waals surface area contributed by atoms with Gasteiger partial charge in [-0.3, -0.25) is 4.90 Å². The molecular formula is C23H32ClN5O. The number of hydrogen-bond acceptors (Lipinski definition) is 6. The van der Waals surface area contributed by atoms with Gasteiger partial charge in [-0.2, -0.15) is 0 Å². The Kier molecular flexibility index (Phi) is 6.58. The number of benzene rings is 1. The van der Waals surface area contributed by atoms with Crippen LogP contribution in [0.4, 0.5) is 5.82 Å². The fourth-order valence-corrected chi connectivity index (χ4v) is 4.93. The van der Waals surface area contributed by atoms with Crippen molar-refractivity contribution in [2.24, 2.45) is 0 Å². The summed E-state index contributed by atoms with van der Waals surface area (Å²) in [6, 6.07) is 7.87. The highest BCUT2D eigenvalue weighted by atomic mass is 35.5. The fourth-order valence-electron chi connectivity index (χ4n) is 4.80. The van der Waals surface area contributed by atoms with Crippen molar-refractivity contribution in [3.05, 3.63) is 52.4 Å². The average Bonchev–Trinajstić information content (AvgIpc) is 3.13. The van der Waals surface area contributed by atoms with Gasteiger partial charge in [0.05, 0.1) is 0 Å². The third kappa shape index (κ3) is 4.47. The SMILES string of the molecule is C[C@@H]1CCc2ncnc(N3CCN(C(O)C(CN(C)C)c4ccc(Cl)cc4)CC3)c21. The van der Waals surface area contributed by atoms with Crippen LogP contribution in [0.5, 0.6) is 0 Å². The zero-order valence-corrected chi connectivity index (χ0v) is 18.9. The minimum atomic E-state index is -0.536. The predicted molar refractivity (Wildman–Crippen MR) is 121 cm³/mol. The van der Waals surface area contributed by atoms with E-state index < -0.39 is 6.23 Å². The van der Waals surface area contributed by atoms with Crippen molar-refractivity contribution in [2.45, 2.75) is 37.8 Å². The first-order valence-corrected chi connectivity index (χ1v) is 11.2. The number of likely N-dealkylation sites (N-methyl/N-ethyl adjacent to an activating group) is 1. The van der Waals surface area contributed by atoms with Crippen LogP contribution < -0.4 is 4.90 Å². The standard InChI is InChI=1S/C23H32ClN5O/c1-16-4-9-20-21(16)22(26-15-25-20)28-10-12-29(13-11-28)23(30)19(14-27(2)3)17-5-7-18(24)8-6-17/h5-8,15-16,19,23,30H,4,9-14H2,1-3H3/t16-,19?,23?/m1/s1. The second-order valence-electron chi connectivity index (χ2n) is 8.85. The lowest BCUT2D eigenvalue weighted by molar-refractivity contribution is -0.0249. The number of fused-ring (bicyclic) bond motifs is 1. The van der Waals surface area contributed by atoms with Gasteiger partial charge < -0.3 is 14.9 Å². The summed E-state index contributed by atoms with van der Waals surface area (Å²) in [4.78, 5) is 15.8. The Balaban J connectivity index is 1.46. The predicted octanol–water partition coefficient (Wildman–Crippen LogP) is 2.97. The Morgan fingerprint density at radius 1 is 1.13 bits per heavy atom. The lowest BCUT2D eigenvalue weighted by Crippen LogP contribution is -2.53. The molecule has 1 N–H and O–H groups in total. The van der Waals surface area contributed by atoms with Gasteiger partial charge in [0.25, 0.3) is 0 Å². The second-order valence-corrected chi connectivity index (χ2v) is 9.29. The Bertz CT molecular complexity index is 851. The zero-order chi connectivity index (χ0) is 21.3. The van der Waals surface area contributed by atoms with Gasteiger partial charge in [-0.1, -0.05) is 30.7 Å². The van der Waals surface area contributed by atoms with Crippen LogP contribution in [0.15, 0.2) is 30.6 Å². The molecule has 1 fully saturated rings. The molecular weight excluding hydrogens is 398 g/mol. The molecule has 0 bridgehead atoms. The average molecular weight is 430 g/mol. The summed E-state index contributed by atoms with van der Waals surface area (Å²) in [6.45, 7) is 6.40. The van der Waals surface area contributed by atoms with E-state index in [9.17, 15) is 5.11 Å². The normalized spacial score (nSPS) is 21.7. The molecule has 0 saturated carbocycles. The maximum absolute atomic E-state index is 11.3. The first kappa shape index (κ1) is 21.5. The number of nitrogens with zero attached hydrogens (tertiary/aromatic N) is 5. The van der Waals surface area contributed by atoms with E-state index in [4.69, 9.17) is 11.6 Å². The van der Waals surface area contributed by atoms with Crippen molar-refractivity contribution < 1.29 is 5.11 Å². The van der Waals surface area contributed by atoms with Crippen LogP contribution in [0.25, 0.3) is 0 Å².